The van der Waals surface area contributed by atoms with Gasteiger partial charge in [-0.3, -0.25) is 4.79 Å². The summed E-state index contributed by atoms with van der Waals surface area (Å²) >= 11 is 0. The first-order valence-corrected chi connectivity index (χ1v) is 3.54. The van der Waals surface area contributed by atoms with Crippen molar-refractivity contribution >= 4 is 5.91 Å². The molecule has 0 aliphatic heterocycles. The van der Waals surface area contributed by atoms with E-state index in [1.807, 2.05) is 0 Å². The second kappa shape index (κ2) is 4.79. The number of amides is 1. The maximum Gasteiger partial charge on any atom is 0.311 e. The quantitative estimate of drug-likeness (QED) is 0.609. The summed E-state index contributed by atoms with van der Waals surface area (Å²) in [5.74, 6) is -3.21. The Bertz CT molecular complexity index is 195. The normalized spacial score (nSPS) is 9.42. The molecule has 0 saturated heterocycles. The molecule has 0 N–H and O–H groups in total. The topological polar surface area (TPSA) is 20.3 Å². The van der Waals surface area contributed by atoms with Crippen molar-refractivity contribution in [3.05, 3.63) is 11.9 Å². The molecule has 0 fully saturated rings. The first-order chi connectivity index (χ1) is 5.54. The van der Waals surface area contributed by atoms with Crippen molar-refractivity contribution in [3.8, 4) is 0 Å². The van der Waals surface area contributed by atoms with Gasteiger partial charge in [0.25, 0.3) is 11.7 Å². The van der Waals surface area contributed by atoms with Crippen molar-refractivity contribution in [3.63, 3.8) is 0 Å². The van der Waals surface area contributed by atoms with Crippen molar-refractivity contribution < 1.29 is 18.0 Å². The molecule has 0 aromatic carbocycles. The van der Waals surface area contributed by atoms with Crippen molar-refractivity contribution in [1.29, 1.82) is 0 Å². The van der Waals surface area contributed by atoms with Gasteiger partial charge in [-0.15, -0.1) is 0 Å². The van der Waals surface area contributed by atoms with E-state index >= 15 is 0 Å². The standard InChI is InChI=1S/C7H10F3NO/c1-3-11(4-2)7(12)5(8)6(9)10/h3-4H2,1-2H3. The predicted molar refractivity (Wildman–Crippen MR) is 38.3 cm³/mol. The first-order valence-electron chi connectivity index (χ1n) is 3.54. The molecule has 0 aliphatic rings. The van der Waals surface area contributed by atoms with Gasteiger partial charge in [0.1, 0.15) is 0 Å². The molecule has 0 spiro atoms. The Balaban J connectivity index is 4.48. The van der Waals surface area contributed by atoms with Crippen LogP contribution in [0.4, 0.5) is 13.2 Å². The Kier molecular flexibility index (Phi) is 4.39. The predicted octanol–water partition coefficient (Wildman–Crippen LogP) is 1.93. The lowest BCUT2D eigenvalue weighted by Crippen LogP contribution is -2.30. The van der Waals surface area contributed by atoms with Crippen LogP contribution in [0.3, 0.4) is 0 Å². The molecule has 1 amide bonds. The van der Waals surface area contributed by atoms with Crippen molar-refractivity contribution in [2.75, 3.05) is 13.1 Å². The molecule has 0 rings (SSSR count). The number of hydrogen-bond donors (Lipinski definition) is 0. The Morgan fingerprint density at radius 1 is 1.17 bits per heavy atom. The molecule has 0 heterocycles. The van der Waals surface area contributed by atoms with Gasteiger partial charge in [-0.25, -0.2) is 0 Å². The Morgan fingerprint density at radius 3 is 1.83 bits per heavy atom. The summed E-state index contributed by atoms with van der Waals surface area (Å²) in [6, 6.07) is 0. The van der Waals surface area contributed by atoms with E-state index in [0.29, 0.717) is 0 Å². The minimum absolute atomic E-state index is 0.218. The average molecular weight is 181 g/mol. The monoisotopic (exact) mass is 181 g/mol. The molecule has 0 aromatic heterocycles. The largest absolute Gasteiger partial charge is 0.337 e. The number of carbonyl (C=O) groups excluding carboxylic acids is 1. The van der Waals surface area contributed by atoms with E-state index < -0.39 is 17.8 Å². The van der Waals surface area contributed by atoms with Crippen LogP contribution in [0, 0.1) is 0 Å². The van der Waals surface area contributed by atoms with Crippen LogP contribution in [0.5, 0.6) is 0 Å². The summed E-state index contributed by atoms with van der Waals surface area (Å²) in [6.45, 7) is 3.61. The van der Waals surface area contributed by atoms with E-state index in [4.69, 9.17) is 0 Å². The van der Waals surface area contributed by atoms with Crippen LogP contribution in [-0.2, 0) is 4.79 Å². The maximum atomic E-state index is 12.3. The van der Waals surface area contributed by atoms with Crippen LogP contribution in [0.1, 0.15) is 13.8 Å². The van der Waals surface area contributed by atoms with E-state index in [1.54, 1.807) is 13.8 Å². The molecule has 0 bridgehead atoms. The fraction of sp³-hybridized carbons (Fsp3) is 0.571. The maximum absolute atomic E-state index is 12.3. The molecule has 12 heavy (non-hydrogen) atoms. The minimum atomic E-state index is -2.56. The minimum Gasteiger partial charge on any atom is -0.337 e. The van der Waals surface area contributed by atoms with Gasteiger partial charge < -0.3 is 4.90 Å². The van der Waals surface area contributed by atoms with Crippen LogP contribution in [0.25, 0.3) is 0 Å². The summed E-state index contributed by atoms with van der Waals surface area (Å²) in [6.07, 6.45) is -2.56. The summed E-state index contributed by atoms with van der Waals surface area (Å²) < 4.78 is 35.4. The number of carbonyl (C=O) groups is 1. The van der Waals surface area contributed by atoms with Gasteiger partial charge in [0.15, 0.2) is 0 Å². The van der Waals surface area contributed by atoms with Crippen LogP contribution in [0.15, 0.2) is 11.9 Å². The van der Waals surface area contributed by atoms with E-state index in [2.05, 4.69) is 0 Å². The summed E-state index contributed by atoms with van der Waals surface area (Å²) in [4.78, 5) is 11.7. The fourth-order valence-electron chi connectivity index (χ4n) is 0.730. The van der Waals surface area contributed by atoms with Crippen LogP contribution >= 0.6 is 0 Å². The van der Waals surface area contributed by atoms with E-state index in [1.165, 1.54) is 0 Å². The molecule has 5 heteroatoms. The van der Waals surface area contributed by atoms with Gasteiger partial charge in [-0.2, -0.15) is 13.2 Å². The average Bonchev–Trinajstić information content (AvgIpc) is 2.05. The highest BCUT2D eigenvalue weighted by Gasteiger charge is 2.20. The molecular weight excluding hydrogens is 171 g/mol. The van der Waals surface area contributed by atoms with E-state index in [-0.39, 0.29) is 13.1 Å². The molecule has 2 nitrogen and oxygen atoms in total. The number of rotatable bonds is 3. The van der Waals surface area contributed by atoms with Gasteiger partial charge >= 0.3 is 6.08 Å². The second-order valence-electron chi connectivity index (χ2n) is 2.05. The highest BCUT2D eigenvalue weighted by atomic mass is 19.3. The lowest BCUT2D eigenvalue weighted by atomic mass is 10.4. The molecule has 0 saturated carbocycles. The molecule has 70 valence electrons. The smallest absolute Gasteiger partial charge is 0.311 e. The van der Waals surface area contributed by atoms with Crippen molar-refractivity contribution in [2.45, 2.75) is 13.8 Å². The third-order valence-corrected chi connectivity index (χ3v) is 1.40. The zero-order valence-corrected chi connectivity index (χ0v) is 6.90. The summed E-state index contributed by atoms with van der Waals surface area (Å²) in [7, 11) is 0. The second-order valence-corrected chi connectivity index (χ2v) is 2.05. The van der Waals surface area contributed by atoms with Gasteiger partial charge in [-0.05, 0) is 13.8 Å². The first kappa shape index (κ1) is 11.0. The van der Waals surface area contributed by atoms with Crippen molar-refractivity contribution in [2.24, 2.45) is 0 Å². The van der Waals surface area contributed by atoms with Gasteiger partial charge in [0.2, 0.25) is 0 Å². The molecule has 0 unspecified atom stereocenters. The highest BCUT2D eigenvalue weighted by Crippen LogP contribution is 2.11. The zero-order chi connectivity index (χ0) is 9.72. The molecule has 0 radical (unpaired) electrons. The third kappa shape index (κ3) is 2.56. The zero-order valence-electron chi connectivity index (χ0n) is 6.90. The number of halogens is 3. The van der Waals surface area contributed by atoms with E-state index in [0.717, 1.165) is 4.90 Å². The summed E-state index contributed by atoms with van der Waals surface area (Å²) in [5, 5.41) is 0. The van der Waals surface area contributed by atoms with Crippen LogP contribution in [-0.4, -0.2) is 23.9 Å². The third-order valence-electron chi connectivity index (χ3n) is 1.40. The Morgan fingerprint density at radius 2 is 1.58 bits per heavy atom. The van der Waals surface area contributed by atoms with Crippen molar-refractivity contribution in [1.82, 2.24) is 4.90 Å². The number of likely N-dealkylation sites (N-methyl/N-ethyl adjacent to an activating group) is 1. The van der Waals surface area contributed by atoms with Crippen LogP contribution < -0.4 is 0 Å². The molecule has 0 aromatic rings. The number of hydrogen-bond acceptors (Lipinski definition) is 1. The molecule has 0 aliphatic carbocycles. The number of nitrogens with zero attached hydrogens (tertiary/aromatic N) is 1. The lowest BCUT2D eigenvalue weighted by Gasteiger charge is -2.16. The SMILES string of the molecule is CCN(CC)C(=O)C(F)=C(F)F. The fourth-order valence-corrected chi connectivity index (χ4v) is 0.730. The van der Waals surface area contributed by atoms with Gasteiger partial charge in [0.05, 0.1) is 0 Å². The summed E-state index contributed by atoms with van der Waals surface area (Å²) in [5.41, 5.74) is 0. The van der Waals surface area contributed by atoms with Gasteiger partial charge in [-0.1, -0.05) is 0 Å². The Hall–Kier alpha value is -1.00. The highest BCUT2D eigenvalue weighted by molar-refractivity contribution is 5.91. The van der Waals surface area contributed by atoms with Gasteiger partial charge in [0, 0.05) is 13.1 Å². The molecular formula is C7H10F3NO. The Labute approximate surface area is 68.7 Å². The van der Waals surface area contributed by atoms with E-state index in [9.17, 15) is 18.0 Å². The molecule has 0 atom stereocenters. The lowest BCUT2D eigenvalue weighted by molar-refractivity contribution is -0.128. The van der Waals surface area contributed by atoms with Crippen LogP contribution in [0.2, 0.25) is 0 Å².